The van der Waals surface area contributed by atoms with E-state index in [2.05, 4.69) is 34.4 Å². The Morgan fingerprint density at radius 3 is 2.52 bits per heavy atom. The summed E-state index contributed by atoms with van der Waals surface area (Å²) in [5, 5.41) is 6.93. The summed E-state index contributed by atoms with van der Waals surface area (Å²) in [6.45, 7) is 8.27. The van der Waals surface area contributed by atoms with E-state index in [0.29, 0.717) is 35.7 Å². The largest absolute Gasteiger partial charge is 0.368 e. The number of hydrogen-bond acceptors (Lipinski definition) is 6. The Balaban J connectivity index is 1.46. The van der Waals surface area contributed by atoms with Gasteiger partial charge in [-0.05, 0) is 41.7 Å². The standard InChI is InChI=1S/C29H33ClN6O4/c1-18(37)33-22-8-9-34(14-22)23-10-20-11-24(27(39)32-12-19-4-6-21(30)7-5-19)28(40)36(26(20)31-13-23)15-25(38)35-16-29(2,3)17-35/h4-7,10-11,13,22H,8-9,12,14-17H2,1-3H3,(H,32,39)(H,33,37). The van der Waals surface area contributed by atoms with E-state index in [1.54, 1.807) is 41.4 Å². The van der Waals surface area contributed by atoms with Gasteiger partial charge in [-0.2, -0.15) is 0 Å². The summed E-state index contributed by atoms with van der Waals surface area (Å²) in [6.07, 6.45) is 2.47. The lowest BCUT2D eigenvalue weighted by atomic mass is 9.84. The summed E-state index contributed by atoms with van der Waals surface area (Å²) in [5.74, 6) is -0.799. The van der Waals surface area contributed by atoms with Crippen LogP contribution >= 0.6 is 11.6 Å². The van der Waals surface area contributed by atoms with Crippen molar-refractivity contribution in [2.24, 2.45) is 5.41 Å². The zero-order valence-corrected chi connectivity index (χ0v) is 23.6. The number of halogens is 1. The molecule has 1 atom stereocenters. The van der Waals surface area contributed by atoms with Gasteiger partial charge in [0.2, 0.25) is 11.8 Å². The molecule has 2 fully saturated rings. The number of rotatable bonds is 7. The van der Waals surface area contributed by atoms with E-state index in [4.69, 9.17) is 11.6 Å². The van der Waals surface area contributed by atoms with E-state index in [9.17, 15) is 19.2 Å². The first-order valence-corrected chi connectivity index (χ1v) is 13.7. The van der Waals surface area contributed by atoms with Crippen LogP contribution in [0.15, 0.2) is 47.4 Å². The van der Waals surface area contributed by atoms with Crippen LogP contribution in [0.4, 0.5) is 5.69 Å². The van der Waals surface area contributed by atoms with Gasteiger partial charge in [0.25, 0.3) is 11.5 Å². The predicted octanol–water partition coefficient (Wildman–Crippen LogP) is 2.56. The van der Waals surface area contributed by atoms with Crippen molar-refractivity contribution in [2.75, 3.05) is 31.1 Å². The van der Waals surface area contributed by atoms with Crippen molar-refractivity contribution in [3.63, 3.8) is 0 Å². The van der Waals surface area contributed by atoms with Gasteiger partial charge in [-0.15, -0.1) is 0 Å². The lowest BCUT2D eigenvalue weighted by molar-refractivity contribution is -0.142. The molecular formula is C29H33ClN6O4. The van der Waals surface area contributed by atoms with Crippen LogP contribution in [0.2, 0.25) is 5.02 Å². The molecule has 2 aliphatic rings. The fourth-order valence-corrected chi connectivity index (χ4v) is 5.54. The van der Waals surface area contributed by atoms with Crippen LogP contribution in [-0.4, -0.2) is 64.4 Å². The van der Waals surface area contributed by atoms with E-state index >= 15 is 0 Å². The molecule has 0 spiro atoms. The SMILES string of the molecule is CC(=O)NC1CCN(c2cnc3c(c2)cc(C(=O)NCc2ccc(Cl)cc2)c(=O)n3CC(=O)N2CC(C)(C)C2)C1. The van der Waals surface area contributed by atoms with Gasteiger partial charge in [0.15, 0.2) is 0 Å². The average Bonchev–Trinajstić information content (AvgIpc) is 3.35. The van der Waals surface area contributed by atoms with Crippen LogP contribution in [0.5, 0.6) is 0 Å². The van der Waals surface area contributed by atoms with Crippen LogP contribution in [0.25, 0.3) is 11.0 Å². The molecule has 3 aromatic rings. The minimum Gasteiger partial charge on any atom is -0.368 e. The zero-order chi connectivity index (χ0) is 28.6. The van der Waals surface area contributed by atoms with Gasteiger partial charge in [-0.1, -0.05) is 37.6 Å². The first-order chi connectivity index (χ1) is 19.0. The van der Waals surface area contributed by atoms with E-state index in [1.165, 1.54) is 11.5 Å². The summed E-state index contributed by atoms with van der Waals surface area (Å²) < 4.78 is 1.30. The average molecular weight is 565 g/mol. The molecule has 3 amide bonds. The Bertz CT molecular complexity index is 1530. The van der Waals surface area contributed by atoms with E-state index in [1.807, 2.05) is 6.07 Å². The molecule has 0 bridgehead atoms. The fourth-order valence-electron chi connectivity index (χ4n) is 5.41. The number of anilines is 1. The number of pyridine rings is 2. The highest BCUT2D eigenvalue weighted by molar-refractivity contribution is 6.30. The third-order valence-electron chi connectivity index (χ3n) is 7.37. The molecule has 11 heteroatoms. The Hall–Kier alpha value is -3.92. The summed E-state index contributed by atoms with van der Waals surface area (Å²) in [5.41, 5.74) is 1.41. The molecule has 4 heterocycles. The quantitative estimate of drug-likeness (QED) is 0.455. The fraction of sp³-hybridized carbons (Fsp3) is 0.414. The number of nitrogens with zero attached hydrogens (tertiary/aromatic N) is 4. The molecule has 2 N–H and O–H groups in total. The van der Waals surface area contributed by atoms with Gasteiger partial charge in [0.05, 0.1) is 11.9 Å². The normalized spacial score (nSPS) is 17.9. The molecular weight excluding hydrogens is 532 g/mol. The molecule has 10 nitrogen and oxygen atoms in total. The minimum absolute atomic E-state index is 0.0368. The molecule has 2 saturated heterocycles. The first kappa shape index (κ1) is 27.6. The Morgan fingerprint density at radius 1 is 1.12 bits per heavy atom. The van der Waals surface area contributed by atoms with Crippen LogP contribution in [0, 0.1) is 5.41 Å². The van der Waals surface area contributed by atoms with Crippen molar-refractivity contribution in [3.8, 4) is 0 Å². The third kappa shape index (κ3) is 5.96. The van der Waals surface area contributed by atoms with Crippen LogP contribution < -0.4 is 21.1 Å². The van der Waals surface area contributed by atoms with Gasteiger partial charge in [-0.25, -0.2) is 4.98 Å². The van der Waals surface area contributed by atoms with Crippen molar-refractivity contribution in [1.29, 1.82) is 0 Å². The second-order valence-electron chi connectivity index (χ2n) is 11.4. The molecule has 0 aliphatic carbocycles. The van der Waals surface area contributed by atoms with Crippen molar-refractivity contribution in [1.82, 2.24) is 25.1 Å². The summed E-state index contributed by atoms with van der Waals surface area (Å²) in [6, 6.07) is 10.5. The zero-order valence-electron chi connectivity index (χ0n) is 22.9. The summed E-state index contributed by atoms with van der Waals surface area (Å²) >= 11 is 5.96. The molecule has 2 aromatic heterocycles. The molecule has 0 radical (unpaired) electrons. The highest BCUT2D eigenvalue weighted by Gasteiger charge is 2.37. The number of amides is 3. The second kappa shape index (κ2) is 10.9. The van der Waals surface area contributed by atoms with Crippen molar-refractivity contribution in [2.45, 2.75) is 46.3 Å². The Kier molecular flexibility index (Phi) is 7.55. The van der Waals surface area contributed by atoms with Crippen molar-refractivity contribution >= 4 is 46.0 Å². The smallest absolute Gasteiger partial charge is 0.265 e. The van der Waals surface area contributed by atoms with Gasteiger partial charge in [-0.3, -0.25) is 23.7 Å². The first-order valence-electron chi connectivity index (χ1n) is 13.4. The molecule has 2 aliphatic heterocycles. The number of carbonyl (C=O) groups excluding carboxylic acids is 3. The lowest BCUT2D eigenvalue weighted by Crippen LogP contribution is -2.56. The number of benzene rings is 1. The van der Waals surface area contributed by atoms with Gasteiger partial charge in [0.1, 0.15) is 17.8 Å². The third-order valence-corrected chi connectivity index (χ3v) is 7.62. The Morgan fingerprint density at radius 2 is 1.85 bits per heavy atom. The minimum atomic E-state index is -0.568. The summed E-state index contributed by atoms with van der Waals surface area (Å²) in [7, 11) is 0. The van der Waals surface area contributed by atoms with E-state index < -0.39 is 11.5 Å². The monoisotopic (exact) mass is 564 g/mol. The molecule has 40 heavy (non-hydrogen) atoms. The molecule has 0 saturated carbocycles. The summed E-state index contributed by atoms with van der Waals surface area (Å²) in [4.78, 5) is 59.8. The number of nitrogens with one attached hydrogen (secondary N) is 2. The van der Waals surface area contributed by atoms with Crippen LogP contribution in [-0.2, 0) is 22.7 Å². The number of hydrogen-bond donors (Lipinski definition) is 2. The highest BCUT2D eigenvalue weighted by atomic mass is 35.5. The molecule has 5 rings (SSSR count). The van der Waals surface area contributed by atoms with Gasteiger partial charge in [0, 0.05) is 56.1 Å². The lowest BCUT2D eigenvalue weighted by Gasteiger charge is -2.45. The predicted molar refractivity (Wildman–Crippen MR) is 153 cm³/mol. The number of aromatic nitrogens is 2. The van der Waals surface area contributed by atoms with E-state index in [-0.39, 0.29) is 41.9 Å². The van der Waals surface area contributed by atoms with Crippen molar-refractivity contribution in [3.05, 3.63) is 69.1 Å². The highest BCUT2D eigenvalue weighted by Crippen LogP contribution is 2.29. The number of carbonyl (C=O) groups is 3. The second-order valence-corrected chi connectivity index (χ2v) is 11.8. The van der Waals surface area contributed by atoms with Crippen molar-refractivity contribution < 1.29 is 14.4 Å². The van der Waals surface area contributed by atoms with Crippen LogP contribution in [0.3, 0.4) is 0 Å². The molecule has 1 aromatic carbocycles. The molecule has 210 valence electrons. The maximum absolute atomic E-state index is 13.6. The molecule has 1 unspecified atom stereocenters. The number of fused-ring (bicyclic) bond motifs is 1. The Labute approximate surface area is 237 Å². The van der Waals surface area contributed by atoms with Crippen LogP contribution in [0.1, 0.15) is 43.1 Å². The van der Waals surface area contributed by atoms with E-state index in [0.717, 1.165) is 24.2 Å². The number of likely N-dealkylation sites (tertiary alicyclic amines) is 1. The topological polar surface area (TPSA) is 117 Å². The maximum Gasteiger partial charge on any atom is 0.265 e. The van der Waals surface area contributed by atoms with Gasteiger partial charge >= 0.3 is 0 Å². The van der Waals surface area contributed by atoms with Gasteiger partial charge < -0.3 is 20.4 Å². The maximum atomic E-state index is 13.6.